The van der Waals surface area contributed by atoms with Gasteiger partial charge in [0.2, 0.25) is 0 Å². The molecule has 0 heterocycles. The van der Waals surface area contributed by atoms with E-state index in [1.165, 1.54) is 11.8 Å². The van der Waals surface area contributed by atoms with Crippen molar-refractivity contribution in [1.29, 1.82) is 0 Å². The SMILES string of the molecule is COCC(NS(=O)(=O)NC(=O)OC)C(=O)O. The van der Waals surface area contributed by atoms with Crippen LogP contribution < -0.4 is 9.44 Å². The molecule has 0 aliphatic heterocycles. The quantitative estimate of drug-likeness (QED) is 0.515. The van der Waals surface area contributed by atoms with Crippen molar-refractivity contribution in [3.63, 3.8) is 0 Å². The molecule has 0 aromatic carbocycles. The molecule has 0 bridgehead atoms. The molecule has 1 amide bonds. The summed E-state index contributed by atoms with van der Waals surface area (Å²) in [7, 11) is -2.12. The maximum absolute atomic E-state index is 11.1. The molecule has 0 aromatic rings. The number of aliphatic carboxylic acids is 1. The number of ether oxygens (including phenoxy) is 2. The average molecular weight is 256 g/mol. The minimum absolute atomic E-state index is 0.378. The van der Waals surface area contributed by atoms with Gasteiger partial charge in [-0.1, -0.05) is 0 Å². The first-order valence-corrected chi connectivity index (χ1v) is 5.40. The third kappa shape index (κ3) is 5.48. The Hall–Kier alpha value is -1.39. The van der Waals surface area contributed by atoms with Gasteiger partial charge in [-0.3, -0.25) is 4.79 Å². The Bertz CT molecular complexity index is 352. The van der Waals surface area contributed by atoms with Crippen molar-refractivity contribution < 1.29 is 32.6 Å². The summed E-state index contributed by atoms with van der Waals surface area (Å²) < 4.78 is 34.0. The van der Waals surface area contributed by atoms with Gasteiger partial charge >= 0.3 is 22.3 Å². The van der Waals surface area contributed by atoms with Crippen LogP contribution in [0.3, 0.4) is 0 Å². The van der Waals surface area contributed by atoms with Crippen molar-refractivity contribution in [2.75, 3.05) is 20.8 Å². The Morgan fingerprint density at radius 3 is 2.31 bits per heavy atom. The highest BCUT2D eigenvalue weighted by molar-refractivity contribution is 7.88. The van der Waals surface area contributed by atoms with Gasteiger partial charge in [-0.15, -0.1) is 0 Å². The lowest BCUT2D eigenvalue weighted by molar-refractivity contribution is -0.140. The van der Waals surface area contributed by atoms with Gasteiger partial charge < -0.3 is 14.6 Å². The smallest absolute Gasteiger partial charge is 0.421 e. The van der Waals surface area contributed by atoms with Gasteiger partial charge in [0.25, 0.3) is 0 Å². The van der Waals surface area contributed by atoms with Gasteiger partial charge in [-0.25, -0.2) is 9.52 Å². The number of rotatable bonds is 6. The molecule has 0 saturated heterocycles. The Balaban J connectivity index is 4.54. The van der Waals surface area contributed by atoms with Crippen molar-refractivity contribution in [3.05, 3.63) is 0 Å². The molecule has 3 N–H and O–H groups in total. The van der Waals surface area contributed by atoms with Crippen LogP contribution >= 0.6 is 0 Å². The topological polar surface area (TPSA) is 131 Å². The third-order valence-corrected chi connectivity index (χ3v) is 2.36. The highest BCUT2D eigenvalue weighted by Gasteiger charge is 2.25. The van der Waals surface area contributed by atoms with E-state index in [9.17, 15) is 18.0 Å². The van der Waals surface area contributed by atoms with E-state index in [0.29, 0.717) is 0 Å². The van der Waals surface area contributed by atoms with Gasteiger partial charge in [0.05, 0.1) is 13.7 Å². The van der Waals surface area contributed by atoms with Crippen molar-refractivity contribution in [1.82, 2.24) is 9.44 Å². The molecule has 0 aliphatic rings. The van der Waals surface area contributed by atoms with Crippen LogP contribution in [0.4, 0.5) is 4.79 Å². The molecule has 0 rings (SSSR count). The lowest BCUT2D eigenvalue weighted by Gasteiger charge is -2.13. The van der Waals surface area contributed by atoms with Gasteiger partial charge in [0.1, 0.15) is 6.04 Å². The van der Waals surface area contributed by atoms with Gasteiger partial charge in [-0.2, -0.15) is 13.1 Å². The second-order valence-electron chi connectivity index (χ2n) is 2.56. The number of methoxy groups -OCH3 is 2. The first kappa shape index (κ1) is 14.6. The van der Waals surface area contributed by atoms with E-state index >= 15 is 0 Å². The summed E-state index contributed by atoms with van der Waals surface area (Å²) in [5.74, 6) is -1.43. The number of carbonyl (C=O) groups is 2. The number of amides is 1. The molecule has 1 atom stereocenters. The van der Waals surface area contributed by atoms with Crippen molar-refractivity contribution in [2.24, 2.45) is 0 Å². The number of carbonyl (C=O) groups excluding carboxylic acids is 1. The first-order chi connectivity index (χ1) is 7.32. The normalized spacial score (nSPS) is 12.9. The monoisotopic (exact) mass is 256 g/mol. The highest BCUT2D eigenvalue weighted by atomic mass is 32.2. The molecule has 0 fully saturated rings. The van der Waals surface area contributed by atoms with Crippen molar-refractivity contribution in [2.45, 2.75) is 6.04 Å². The summed E-state index contributed by atoms with van der Waals surface area (Å²) in [5.41, 5.74) is 0. The van der Waals surface area contributed by atoms with Crippen LogP contribution in [0.15, 0.2) is 0 Å². The van der Waals surface area contributed by atoms with Gasteiger partial charge in [-0.05, 0) is 0 Å². The maximum Gasteiger partial charge on any atom is 0.421 e. The summed E-state index contributed by atoms with van der Waals surface area (Å²) in [4.78, 5) is 21.2. The van der Waals surface area contributed by atoms with E-state index in [1.807, 2.05) is 0 Å². The molecule has 1 unspecified atom stereocenters. The zero-order valence-corrected chi connectivity index (χ0v) is 9.41. The van der Waals surface area contributed by atoms with E-state index in [1.54, 1.807) is 4.72 Å². The van der Waals surface area contributed by atoms with E-state index < -0.39 is 28.3 Å². The minimum Gasteiger partial charge on any atom is -0.480 e. The number of carboxylic acid groups (broad SMARTS) is 1. The zero-order chi connectivity index (χ0) is 12.8. The number of hydrogen-bond acceptors (Lipinski definition) is 6. The number of hydrogen-bond donors (Lipinski definition) is 3. The lowest BCUT2D eigenvalue weighted by Crippen LogP contribution is -2.49. The Morgan fingerprint density at radius 2 is 1.94 bits per heavy atom. The number of carboxylic acids is 1. The van der Waals surface area contributed by atoms with Gasteiger partial charge in [0, 0.05) is 7.11 Å². The molecular weight excluding hydrogens is 244 g/mol. The highest BCUT2D eigenvalue weighted by Crippen LogP contribution is 1.90. The molecule has 94 valence electrons. The van der Waals surface area contributed by atoms with E-state index in [-0.39, 0.29) is 6.61 Å². The second kappa shape index (κ2) is 6.25. The predicted molar refractivity (Wildman–Crippen MR) is 50.9 cm³/mol. The Kier molecular flexibility index (Phi) is 5.71. The van der Waals surface area contributed by atoms with E-state index in [4.69, 9.17) is 5.11 Å². The average Bonchev–Trinajstić information content (AvgIpc) is 2.15. The summed E-state index contributed by atoms with van der Waals surface area (Å²) in [6.45, 7) is -0.378. The fraction of sp³-hybridized carbons (Fsp3) is 0.667. The minimum atomic E-state index is -4.29. The van der Waals surface area contributed by atoms with Gasteiger partial charge in [0.15, 0.2) is 0 Å². The van der Waals surface area contributed by atoms with Crippen molar-refractivity contribution in [3.8, 4) is 0 Å². The standard InChI is InChI=1S/C6H12N2O7S/c1-14-3-4(5(9)10)7-16(12,13)8-6(11)15-2/h4,7H,3H2,1-2H3,(H,8,11)(H,9,10). The number of nitrogens with one attached hydrogen (secondary N) is 2. The molecule has 0 aromatic heterocycles. The Labute approximate surface area is 91.9 Å². The van der Waals surface area contributed by atoms with Crippen LogP contribution in [0.5, 0.6) is 0 Å². The van der Waals surface area contributed by atoms with Crippen LogP contribution in [0.1, 0.15) is 0 Å². The lowest BCUT2D eigenvalue weighted by atomic mass is 10.3. The summed E-state index contributed by atoms with van der Waals surface area (Å²) in [6, 6.07) is -1.49. The fourth-order valence-corrected chi connectivity index (χ4v) is 1.60. The Morgan fingerprint density at radius 1 is 1.38 bits per heavy atom. The summed E-state index contributed by atoms with van der Waals surface area (Å²) >= 11 is 0. The van der Waals surface area contributed by atoms with Crippen LogP contribution in [0.2, 0.25) is 0 Å². The largest absolute Gasteiger partial charge is 0.480 e. The fourth-order valence-electron chi connectivity index (χ4n) is 0.691. The molecular formula is C6H12N2O7S. The van der Waals surface area contributed by atoms with E-state index in [2.05, 4.69) is 9.47 Å². The van der Waals surface area contributed by atoms with Crippen LogP contribution in [0, 0.1) is 0 Å². The molecule has 10 heteroatoms. The molecule has 0 spiro atoms. The van der Waals surface area contributed by atoms with E-state index in [0.717, 1.165) is 7.11 Å². The van der Waals surface area contributed by atoms with Crippen LogP contribution in [-0.2, 0) is 24.5 Å². The summed E-state index contributed by atoms with van der Waals surface area (Å²) in [5, 5.41) is 8.61. The third-order valence-electron chi connectivity index (χ3n) is 1.33. The maximum atomic E-state index is 11.1. The molecule has 16 heavy (non-hydrogen) atoms. The molecule has 0 radical (unpaired) electrons. The molecule has 0 saturated carbocycles. The summed E-state index contributed by atoms with van der Waals surface area (Å²) in [6.07, 6.45) is -1.23. The van der Waals surface area contributed by atoms with Crippen LogP contribution in [-0.4, -0.2) is 52.5 Å². The molecule has 9 nitrogen and oxygen atoms in total. The molecule has 0 aliphatic carbocycles. The van der Waals surface area contributed by atoms with Crippen LogP contribution in [0.25, 0.3) is 0 Å². The predicted octanol–water partition coefficient (Wildman–Crippen LogP) is -1.72. The van der Waals surface area contributed by atoms with Crippen molar-refractivity contribution >= 4 is 22.3 Å². The first-order valence-electron chi connectivity index (χ1n) is 3.92. The zero-order valence-electron chi connectivity index (χ0n) is 8.59. The second-order valence-corrected chi connectivity index (χ2v) is 4.01.